The summed E-state index contributed by atoms with van der Waals surface area (Å²) in [6.07, 6.45) is 0.623. The molecule has 4 rings (SSSR count). The lowest BCUT2D eigenvalue weighted by atomic mass is 10.1. The molecule has 3 aromatic carbocycles. The van der Waals surface area contributed by atoms with Crippen LogP contribution in [0, 0.1) is 0 Å². The number of thioether (sulfide) groups is 1. The number of halogens is 2. The van der Waals surface area contributed by atoms with Crippen LogP contribution in [0.3, 0.4) is 0 Å². The number of ether oxygens (including phenoxy) is 1. The van der Waals surface area contributed by atoms with Crippen molar-refractivity contribution >= 4 is 35.0 Å². The zero-order valence-corrected chi connectivity index (χ0v) is 19.7. The largest absolute Gasteiger partial charge is 0.497 e. The Bertz CT molecular complexity index is 1200. The molecule has 0 bridgehead atoms. The molecule has 5 nitrogen and oxygen atoms in total. The van der Waals surface area contributed by atoms with Crippen LogP contribution in [0.15, 0.2) is 78.0 Å². The van der Waals surface area contributed by atoms with Gasteiger partial charge in [-0.1, -0.05) is 77.4 Å². The lowest BCUT2D eigenvalue weighted by Crippen LogP contribution is -2.19. The second-order valence-electron chi connectivity index (χ2n) is 7.21. The zero-order valence-electron chi connectivity index (χ0n) is 17.4. The van der Waals surface area contributed by atoms with Gasteiger partial charge in [-0.2, -0.15) is 0 Å². The molecule has 0 aliphatic heterocycles. The highest BCUT2D eigenvalue weighted by molar-refractivity contribution is 7.98. The maximum atomic E-state index is 6.59. The summed E-state index contributed by atoms with van der Waals surface area (Å²) >= 11 is 14.4. The summed E-state index contributed by atoms with van der Waals surface area (Å²) in [6.45, 7) is 0. The van der Waals surface area contributed by atoms with Crippen molar-refractivity contribution < 1.29 is 4.74 Å². The van der Waals surface area contributed by atoms with E-state index in [1.54, 1.807) is 31.0 Å². The van der Waals surface area contributed by atoms with Gasteiger partial charge in [0.25, 0.3) is 0 Å². The quantitative estimate of drug-likeness (QED) is 0.305. The summed E-state index contributed by atoms with van der Waals surface area (Å²) in [5.41, 5.74) is 9.52. The van der Waals surface area contributed by atoms with E-state index in [1.165, 1.54) is 0 Å². The van der Waals surface area contributed by atoms with Crippen molar-refractivity contribution in [3.63, 3.8) is 0 Å². The minimum absolute atomic E-state index is 0.369. The molecule has 8 heteroatoms. The van der Waals surface area contributed by atoms with Crippen molar-refractivity contribution in [1.82, 2.24) is 14.8 Å². The van der Waals surface area contributed by atoms with Gasteiger partial charge in [-0.3, -0.25) is 4.57 Å². The Hall–Kier alpha value is -2.51. The molecule has 2 N–H and O–H groups in total. The molecule has 0 saturated heterocycles. The molecule has 0 spiro atoms. The number of nitrogens with zero attached hydrogens (tertiary/aromatic N) is 3. The van der Waals surface area contributed by atoms with E-state index in [9.17, 15) is 0 Å². The van der Waals surface area contributed by atoms with Crippen LogP contribution in [0.5, 0.6) is 5.75 Å². The molecular weight excluding hydrogens is 463 g/mol. The molecule has 1 unspecified atom stereocenters. The van der Waals surface area contributed by atoms with Crippen molar-refractivity contribution in [3.05, 3.63) is 99.8 Å². The van der Waals surface area contributed by atoms with E-state index < -0.39 is 0 Å². The van der Waals surface area contributed by atoms with Gasteiger partial charge in [0, 0.05) is 10.8 Å². The van der Waals surface area contributed by atoms with E-state index in [-0.39, 0.29) is 6.04 Å². The fraction of sp³-hybridized carbons (Fsp3) is 0.167. The van der Waals surface area contributed by atoms with Crippen molar-refractivity contribution in [1.29, 1.82) is 0 Å². The molecule has 0 fully saturated rings. The molecule has 0 saturated carbocycles. The zero-order chi connectivity index (χ0) is 22.5. The van der Waals surface area contributed by atoms with Gasteiger partial charge in [-0.15, -0.1) is 10.2 Å². The average molecular weight is 485 g/mol. The minimum atomic E-state index is -0.369. The van der Waals surface area contributed by atoms with Crippen molar-refractivity contribution in [2.45, 2.75) is 23.4 Å². The predicted molar refractivity (Wildman–Crippen MR) is 131 cm³/mol. The Kier molecular flexibility index (Phi) is 7.37. The Labute approximate surface area is 201 Å². The summed E-state index contributed by atoms with van der Waals surface area (Å²) in [5.74, 6) is 2.13. The van der Waals surface area contributed by atoms with Crippen molar-refractivity contribution in [2.75, 3.05) is 7.11 Å². The third-order valence-electron chi connectivity index (χ3n) is 4.94. The highest BCUT2D eigenvalue weighted by Crippen LogP contribution is 2.33. The van der Waals surface area contributed by atoms with E-state index in [0.29, 0.717) is 38.9 Å². The smallest absolute Gasteiger partial charge is 0.196 e. The van der Waals surface area contributed by atoms with E-state index >= 15 is 0 Å². The van der Waals surface area contributed by atoms with Gasteiger partial charge in [0.15, 0.2) is 11.0 Å². The van der Waals surface area contributed by atoms with Gasteiger partial charge in [-0.05, 0) is 47.9 Å². The number of hydrogen-bond donors (Lipinski definition) is 1. The van der Waals surface area contributed by atoms with Crippen LogP contribution < -0.4 is 10.5 Å². The summed E-state index contributed by atoms with van der Waals surface area (Å²) in [5, 5.41) is 10.7. The number of hydrogen-bond acceptors (Lipinski definition) is 5. The summed E-state index contributed by atoms with van der Waals surface area (Å²) < 4.78 is 7.24. The first-order valence-electron chi connectivity index (χ1n) is 10.0. The van der Waals surface area contributed by atoms with Crippen LogP contribution in [0.1, 0.15) is 23.0 Å². The first kappa shape index (κ1) is 22.7. The molecule has 1 aromatic heterocycles. The molecule has 4 aromatic rings. The SMILES string of the molecule is COc1cccc(CSc2nnc(C(N)Cc3ccccc3)n2-c2cc(Cl)ccc2Cl)c1. The van der Waals surface area contributed by atoms with Crippen LogP contribution in [-0.2, 0) is 12.2 Å². The maximum Gasteiger partial charge on any atom is 0.196 e. The summed E-state index contributed by atoms with van der Waals surface area (Å²) in [4.78, 5) is 0. The van der Waals surface area contributed by atoms with E-state index in [0.717, 1.165) is 16.9 Å². The third kappa shape index (κ3) is 5.27. The maximum absolute atomic E-state index is 6.59. The molecule has 32 heavy (non-hydrogen) atoms. The first-order valence-corrected chi connectivity index (χ1v) is 11.8. The molecule has 0 amide bonds. The molecule has 0 aliphatic carbocycles. The molecule has 1 atom stereocenters. The Morgan fingerprint density at radius 2 is 1.75 bits per heavy atom. The van der Waals surface area contributed by atoms with Gasteiger partial charge >= 0.3 is 0 Å². The van der Waals surface area contributed by atoms with E-state index in [2.05, 4.69) is 10.2 Å². The fourth-order valence-corrected chi connectivity index (χ4v) is 4.63. The summed E-state index contributed by atoms with van der Waals surface area (Å²) in [6, 6.07) is 23.0. The fourth-order valence-electron chi connectivity index (χ4n) is 3.37. The number of methoxy groups -OCH3 is 1. The predicted octanol–water partition coefficient (Wildman–Crippen LogP) is 6.12. The molecule has 164 valence electrons. The Balaban J connectivity index is 1.69. The van der Waals surface area contributed by atoms with E-state index in [1.807, 2.05) is 65.2 Å². The number of nitrogens with two attached hydrogens (primary N) is 1. The van der Waals surface area contributed by atoms with Crippen LogP contribution in [0.2, 0.25) is 10.0 Å². The van der Waals surface area contributed by atoms with Gasteiger partial charge in [0.2, 0.25) is 0 Å². The van der Waals surface area contributed by atoms with Crippen molar-refractivity contribution in [3.8, 4) is 11.4 Å². The highest BCUT2D eigenvalue weighted by Gasteiger charge is 2.22. The first-order chi connectivity index (χ1) is 15.5. The standard InChI is InChI=1S/C24H22Cl2N4OS/c1-31-19-9-5-8-17(12-19)15-32-24-29-28-23(21(27)13-16-6-3-2-4-7-16)30(24)22-14-18(25)10-11-20(22)26/h2-12,14,21H,13,15,27H2,1H3. The molecule has 0 aliphatic rings. The number of aromatic nitrogens is 3. The monoisotopic (exact) mass is 484 g/mol. The van der Waals surface area contributed by atoms with E-state index in [4.69, 9.17) is 33.7 Å². The van der Waals surface area contributed by atoms with Gasteiger partial charge in [0.1, 0.15) is 5.75 Å². The Morgan fingerprint density at radius 1 is 0.969 bits per heavy atom. The molecular formula is C24H22Cl2N4OS. The topological polar surface area (TPSA) is 66.0 Å². The second kappa shape index (κ2) is 10.4. The third-order valence-corrected chi connectivity index (χ3v) is 6.49. The highest BCUT2D eigenvalue weighted by atomic mass is 35.5. The summed E-state index contributed by atoms with van der Waals surface area (Å²) in [7, 11) is 1.66. The van der Waals surface area contributed by atoms with Crippen molar-refractivity contribution in [2.24, 2.45) is 5.73 Å². The van der Waals surface area contributed by atoms with Crippen LogP contribution >= 0.6 is 35.0 Å². The van der Waals surface area contributed by atoms with Crippen LogP contribution in [0.25, 0.3) is 5.69 Å². The second-order valence-corrected chi connectivity index (χ2v) is 8.99. The van der Waals surface area contributed by atoms with Gasteiger partial charge in [0.05, 0.1) is 23.9 Å². The lowest BCUT2D eigenvalue weighted by molar-refractivity contribution is 0.414. The van der Waals surface area contributed by atoms with Crippen LogP contribution in [0.4, 0.5) is 0 Å². The number of rotatable bonds is 8. The normalized spacial score (nSPS) is 12.0. The Morgan fingerprint density at radius 3 is 2.53 bits per heavy atom. The molecule has 0 radical (unpaired) electrons. The molecule has 1 heterocycles. The lowest BCUT2D eigenvalue weighted by Gasteiger charge is -2.16. The van der Waals surface area contributed by atoms with Crippen LogP contribution in [-0.4, -0.2) is 21.9 Å². The van der Waals surface area contributed by atoms with Gasteiger partial charge < -0.3 is 10.5 Å². The average Bonchev–Trinajstić information content (AvgIpc) is 3.24. The number of benzene rings is 3. The minimum Gasteiger partial charge on any atom is -0.497 e. The van der Waals surface area contributed by atoms with Gasteiger partial charge in [-0.25, -0.2) is 0 Å².